The molecular formula is C13H26N2O. The van der Waals surface area contributed by atoms with Crippen LogP contribution in [0.5, 0.6) is 0 Å². The van der Waals surface area contributed by atoms with Gasteiger partial charge in [0.05, 0.1) is 6.61 Å². The molecule has 1 saturated heterocycles. The van der Waals surface area contributed by atoms with Gasteiger partial charge in [-0.3, -0.25) is 0 Å². The van der Waals surface area contributed by atoms with Gasteiger partial charge in [0.15, 0.2) is 0 Å². The first kappa shape index (κ1) is 12.3. The largest absolute Gasteiger partial charge is 0.394 e. The van der Waals surface area contributed by atoms with Crippen molar-refractivity contribution in [2.45, 2.75) is 62.9 Å². The third kappa shape index (κ3) is 3.19. The third-order valence-electron chi connectivity index (χ3n) is 4.25. The summed E-state index contributed by atoms with van der Waals surface area (Å²) in [4.78, 5) is 0. The van der Waals surface area contributed by atoms with E-state index in [1.807, 2.05) is 0 Å². The highest BCUT2D eigenvalue weighted by molar-refractivity contribution is 4.91. The van der Waals surface area contributed by atoms with E-state index in [0.29, 0.717) is 12.6 Å². The highest BCUT2D eigenvalue weighted by Crippen LogP contribution is 2.27. The number of piperidine rings is 1. The van der Waals surface area contributed by atoms with Crippen LogP contribution >= 0.6 is 0 Å². The standard InChI is InChI=1S/C13H26N2O/c16-11-13(7-3-1-4-8-13)15-10-12-6-2-5-9-14-12/h12,14-16H,1-11H2. The van der Waals surface area contributed by atoms with Crippen molar-refractivity contribution in [3.63, 3.8) is 0 Å². The zero-order chi connectivity index (χ0) is 11.3. The van der Waals surface area contributed by atoms with Crippen LogP contribution in [0.2, 0.25) is 0 Å². The van der Waals surface area contributed by atoms with Gasteiger partial charge >= 0.3 is 0 Å². The van der Waals surface area contributed by atoms with Gasteiger partial charge in [-0.2, -0.15) is 0 Å². The lowest BCUT2D eigenvalue weighted by atomic mass is 9.82. The molecule has 1 aliphatic heterocycles. The van der Waals surface area contributed by atoms with Gasteiger partial charge in [0.2, 0.25) is 0 Å². The SMILES string of the molecule is OCC1(NCC2CCCCN2)CCCCC1. The molecule has 2 aliphatic rings. The minimum Gasteiger partial charge on any atom is -0.394 e. The lowest BCUT2D eigenvalue weighted by Gasteiger charge is -2.38. The van der Waals surface area contributed by atoms with Crippen LogP contribution in [0.25, 0.3) is 0 Å². The zero-order valence-electron chi connectivity index (χ0n) is 10.3. The fraction of sp³-hybridized carbons (Fsp3) is 1.00. The van der Waals surface area contributed by atoms with Crippen LogP contribution in [0.3, 0.4) is 0 Å². The summed E-state index contributed by atoms with van der Waals surface area (Å²) in [6, 6.07) is 0.624. The Morgan fingerprint density at radius 1 is 1.12 bits per heavy atom. The summed E-state index contributed by atoms with van der Waals surface area (Å²) < 4.78 is 0. The Kier molecular flexibility index (Phi) is 4.62. The first-order valence-corrected chi connectivity index (χ1v) is 6.94. The van der Waals surface area contributed by atoms with E-state index >= 15 is 0 Å². The Labute approximate surface area is 99.0 Å². The van der Waals surface area contributed by atoms with E-state index in [4.69, 9.17) is 0 Å². The number of hydrogen-bond acceptors (Lipinski definition) is 3. The molecule has 0 bridgehead atoms. The van der Waals surface area contributed by atoms with Gasteiger partial charge in [0.25, 0.3) is 0 Å². The van der Waals surface area contributed by atoms with Gasteiger partial charge < -0.3 is 15.7 Å². The molecule has 0 aromatic carbocycles. The highest BCUT2D eigenvalue weighted by Gasteiger charge is 2.31. The quantitative estimate of drug-likeness (QED) is 0.679. The molecular weight excluding hydrogens is 200 g/mol. The molecule has 0 spiro atoms. The predicted molar refractivity (Wildman–Crippen MR) is 66.5 cm³/mol. The molecule has 3 N–H and O–H groups in total. The molecule has 0 amide bonds. The van der Waals surface area contributed by atoms with Crippen molar-refractivity contribution in [3.8, 4) is 0 Å². The smallest absolute Gasteiger partial charge is 0.0613 e. The second-order valence-corrected chi connectivity index (χ2v) is 5.53. The number of aliphatic hydroxyl groups excluding tert-OH is 1. The van der Waals surface area contributed by atoms with Crippen molar-refractivity contribution >= 4 is 0 Å². The van der Waals surface area contributed by atoms with Crippen molar-refractivity contribution < 1.29 is 5.11 Å². The maximum atomic E-state index is 9.59. The van der Waals surface area contributed by atoms with Gasteiger partial charge in [-0.05, 0) is 32.2 Å². The Bertz CT molecular complexity index is 196. The molecule has 0 radical (unpaired) electrons. The molecule has 1 atom stereocenters. The van der Waals surface area contributed by atoms with E-state index in [1.165, 1.54) is 45.1 Å². The average molecular weight is 226 g/mol. The number of aliphatic hydroxyl groups is 1. The van der Waals surface area contributed by atoms with Gasteiger partial charge in [-0.25, -0.2) is 0 Å². The van der Waals surface area contributed by atoms with Crippen molar-refractivity contribution in [2.24, 2.45) is 0 Å². The Balaban J connectivity index is 1.77. The van der Waals surface area contributed by atoms with E-state index in [9.17, 15) is 5.11 Å². The monoisotopic (exact) mass is 226 g/mol. The molecule has 1 aliphatic carbocycles. The van der Waals surface area contributed by atoms with E-state index in [0.717, 1.165) is 19.4 Å². The molecule has 3 heteroatoms. The molecule has 94 valence electrons. The van der Waals surface area contributed by atoms with E-state index in [-0.39, 0.29) is 5.54 Å². The molecule has 1 heterocycles. The van der Waals surface area contributed by atoms with Gasteiger partial charge in [-0.1, -0.05) is 25.7 Å². The van der Waals surface area contributed by atoms with Crippen molar-refractivity contribution in [1.82, 2.24) is 10.6 Å². The summed E-state index contributed by atoms with van der Waals surface area (Å²) in [5.74, 6) is 0. The van der Waals surface area contributed by atoms with E-state index < -0.39 is 0 Å². The number of nitrogens with one attached hydrogen (secondary N) is 2. The second-order valence-electron chi connectivity index (χ2n) is 5.53. The summed E-state index contributed by atoms with van der Waals surface area (Å²) in [5.41, 5.74) is 0.0391. The maximum absolute atomic E-state index is 9.59. The minimum atomic E-state index is 0.0391. The van der Waals surface area contributed by atoms with Crippen LogP contribution < -0.4 is 10.6 Å². The molecule has 3 nitrogen and oxygen atoms in total. The van der Waals surface area contributed by atoms with Gasteiger partial charge in [0.1, 0.15) is 0 Å². The zero-order valence-corrected chi connectivity index (χ0v) is 10.3. The first-order valence-electron chi connectivity index (χ1n) is 6.94. The fourth-order valence-electron chi connectivity index (χ4n) is 3.06. The lowest BCUT2D eigenvalue weighted by molar-refractivity contribution is 0.116. The van der Waals surface area contributed by atoms with Crippen LogP contribution in [-0.4, -0.2) is 36.4 Å². The number of rotatable bonds is 4. The summed E-state index contributed by atoms with van der Waals surface area (Å²) in [6.45, 7) is 2.50. The van der Waals surface area contributed by atoms with Crippen LogP contribution in [0.1, 0.15) is 51.4 Å². The Morgan fingerprint density at radius 2 is 1.94 bits per heavy atom. The average Bonchev–Trinajstić information content (AvgIpc) is 2.39. The van der Waals surface area contributed by atoms with Crippen LogP contribution in [-0.2, 0) is 0 Å². The van der Waals surface area contributed by atoms with Crippen LogP contribution in [0.4, 0.5) is 0 Å². The molecule has 1 unspecified atom stereocenters. The van der Waals surface area contributed by atoms with Crippen molar-refractivity contribution in [1.29, 1.82) is 0 Å². The fourth-order valence-corrected chi connectivity index (χ4v) is 3.06. The Hall–Kier alpha value is -0.120. The predicted octanol–water partition coefficient (Wildman–Crippen LogP) is 1.41. The number of hydrogen-bond donors (Lipinski definition) is 3. The molecule has 2 fully saturated rings. The molecule has 0 aromatic heterocycles. The molecule has 16 heavy (non-hydrogen) atoms. The van der Waals surface area contributed by atoms with E-state index in [2.05, 4.69) is 10.6 Å². The summed E-state index contributed by atoms with van der Waals surface area (Å²) in [5, 5.41) is 16.8. The van der Waals surface area contributed by atoms with Gasteiger partial charge in [0, 0.05) is 18.1 Å². The maximum Gasteiger partial charge on any atom is 0.0613 e. The third-order valence-corrected chi connectivity index (χ3v) is 4.25. The first-order chi connectivity index (χ1) is 7.85. The minimum absolute atomic E-state index is 0.0391. The van der Waals surface area contributed by atoms with Crippen molar-refractivity contribution in [2.75, 3.05) is 19.7 Å². The summed E-state index contributed by atoms with van der Waals surface area (Å²) in [6.07, 6.45) is 10.1. The molecule has 2 rings (SSSR count). The van der Waals surface area contributed by atoms with Crippen molar-refractivity contribution in [3.05, 3.63) is 0 Å². The van der Waals surface area contributed by atoms with Gasteiger partial charge in [-0.15, -0.1) is 0 Å². The summed E-state index contributed by atoms with van der Waals surface area (Å²) in [7, 11) is 0. The lowest BCUT2D eigenvalue weighted by Crippen LogP contribution is -2.54. The Morgan fingerprint density at radius 3 is 2.56 bits per heavy atom. The molecule has 0 aromatic rings. The van der Waals surface area contributed by atoms with E-state index in [1.54, 1.807) is 0 Å². The second kappa shape index (κ2) is 5.99. The topological polar surface area (TPSA) is 44.3 Å². The normalized spacial score (nSPS) is 30.2. The summed E-state index contributed by atoms with van der Waals surface area (Å²) >= 11 is 0. The van der Waals surface area contributed by atoms with Crippen LogP contribution in [0.15, 0.2) is 0 Å². The van der Waals surface area contributed by atoms with Crippen LogP contribution in [0, 0.1) is 0 Å². The molecule has 1 saturated carbocycles. The highest BCUT2D eigenvalue weighted by atomic mass is 16.3.